The molecule has 0 unspecified atom stereocenters. The van der Waals surface area contributed by atoms with E-state index in [4.69, 9.17) is 11.6 Å². The summed E-state index contributed by atoms with van der Waals surface area (Å²) in [6.45, 7) is 4.12. The molecule has 1 aliphatic rings. The van der Waals surface area contributed by atoms with E-state index >= 15 is 0 Å². The van der Waals surface area contributed by atoms with Crippen LogP contribution in [-0.2, 0) is 10.0 Å². The number of piperazine rings is 1. The summed E-state index contributed by atoms with van der Waals surface area (Å²) >= 11 is 6.33. The fraction of sp³-hybridized carbons (Fsp3) is 0.304. The molecule has 9 nitrogen and oxygen atoms in total. The van der Waals surface area contributed by atoms with Crippen LogP contribution < -0.4 is 19.8 Å². The van der Waals surface area contributed by atoms with Crippen LogP contribution in [0, 0.1) is 0 Å². The number of benzene rings is 2. The first kappa shape index (κ1) is 24.1. The maximum absolute atomic E-state index is 12.0. The van der Waals surface area contributed by atoms with Gasteiger partial charge in [-0.2, -0.15) is 4.98 Å². The van der Waals surface area contributed by atoms with Crippen LogP contribution in [0.2, 0.25) is 5.02 Å². The molecule has 0 atom stereocenters. The van der Waals surface area contributed by atoms with Crippen LogP contribution >= 0.6 is 11.6 Å². The topological polar surface area (TPSA) is 93.7 Å². The number of hydrogen-bond acceptors (Lipinski definition) is 8. The summed E-state index contributed by atoms with van der Waals surface area (Å²) in [4.78, 5) is 13.5. The van der Waals surface area contributed by atoms with Gasteiger partial charge in [-0.1, -0.05) is 23.7 Å². The van der Waals surface area contributed by atoms with Gasteiger partial charge in [-0.25, -0.2) is 13.4 Å². The van der Waals surface area contributed by atoms with Crippen LogP contribution in [0.4, 0.5) is 34.5 Å². The number of likely N-dealkylation sites (N-methyl/N-ethyl adjacent to an activating group) is 1. The lowest BCUT2D eigenvalue weighted by atomic mass is 10.2. The Bertz CT molecular complexity index is 1250. The second-order valence-corrected chi connectivity index (χ2v) is 10.6. The molecular weight excluding hydrogens is 474 g/mol. The van der Waals surface area contributed by atoms with Crippen LogP contribution in [0.15, 0.2) is 54.7 Å². The quantitative estimate of drug-likeness (QED) is 0.505. The molecule has 2 aromatic carbocycles. The van der Waals surface area contributed by atoms with Crippen molar-refractivity contribution in [2.24, 2.45) is 0 Å². The molecular formula is C23H28ClN7O2S. The SMILES string of the molecule is CN1CCN(c2ccc(Nc3ncc(Cl)c(Nc4ccccc4N(C)S(C)(=O)=O)n3)cc2)CC1. The van der Waals surface area contributed by atoms with Crippen LogP contribution in [0.25, 0.3) is 0 Å². The van der Waals surface area contributed by atoms with Gasteiger partial charge >= 0.3 is 0 Å². The Hall–Kier alpha value is -3.08. The lowest BCUT2D eigenvalue weighted by Gasteiger charge is -2.34. The van der Waals surface area contributed by atoms with Gasteiger partial charge in [0.05, 0.1) is 23.8 Å². The molecule has 3 aromatic rings. The highest BCUT2D eigenvalue weighted by Crippen LogP contribution is 2.32. The van der Waals surface area contributed by atoms with Crippen LogP contribution in [0.3, 0.4) is 0 Å². The predicted molar refractivity (Wildman–Crippen MR) is 139 cm³/mol. The molecule has 1 fully saturated rings. The maximum Gasteiger partial charge on any atom is 0.232 e. The fourth-order valence-corrected chi connectivity index (χ4v) is 4.28. The molecule has 4 rings (SSSR count). The summed E-state index contributed by atoms with van der Waals surface area (Å²) in [5.74, 6) is 0.732. The van der Waals surface area contributed by atoms with Crippen molar-refractivity contribution in [2.75, 3.05) is 66.4 Å². The minimum absolute atomic E-state index is 0.313. The average Bonchev–Trinajstić information content (AvgIpc) is 2.82. The largest absolute Gasteiger partial charge is 0.369 e. The monoisotopic (exact) mass is 501 g/mol. The summed E-state index contributed by atoms with van der Waals surface area (Å²) in [6, 6.07) is 15.2. The first-order valence-electron chi connectivity index (χ1n) is 10.8. The third-order valence-corrected chi connectivity index (χ3v) is 7.20. The molecule has 2 N–H and O–H groups in total. The average molecular weight is 502 g/mol. The Labute approximate surface area is 205 Å². The molecule has 0 radical (unpaired) electrons. The minimum Gasteiger partial charge on any atom is -0.369 e. The van der Waals surface area contributed by atoms with E-state index < -0.39 is 10.0 Å². The van der Waals surface area contributed by atoms with E-state index in [0.29, 0.717) is 28.2 Å². The van der Waals surface area contributed by atoms with Crippen molar-refractivity contribution in [1.82, 2.24) is 14.9 Å². The standard InChI is InChI=1S/C23H28ClN7O2S/c1-29-12-14-31(15-13-29)18-10-8-17(9-11-18)26-23-25-16-19(24)22(28-23)27-20-6-4-5-7-21(20)30(2)34(3,32)33/h4-11,16H,12-15H2,1-3H3,(H2,25,26,27,28). The fourth-order valence-electron chi connectivity index (χ4n) is 3.62. The van der Waals surface area contributed by atoms with E-state index in [-0.39, 0.29) is 0 Å². The number of sulfonamides is 1. The molecule has 11 heteroatoms. The summed E-state index contributed by atoms with van der Waals surface area (Å²) in [7, 11) is 0.202. The summed E-state index contributed by atoms with van der Waals surface area (Å²) in [5, 5.41) is 6.65. The first-order valence-corrected chi connectivity index (χ1v) is 13.1. The number of para-hydroxylation sites is 2. The van der Waals surface area contributed by atoms with E-state index in [9.17, 15) is 8.42 Å². The summed E-state index contributed by atoms with van der Waals surface area (Å²) in [6.07, 6.45) is 2.65. The number of aromatic nitrogens is 2. The third-order valence-electron chi connectivity index (χ3n) is 5.73. The minimum atomic E-state index is -3.43. The van der Waals surface area contributed by atoms with Gasteiger partial charge in [-0.3, -0.25) is 4.31 Å². The Morgan fingerprint density at radius 3 is 2.35 bits per heavy atom. The first-order chi connectivity index (χ1) is 16.2. The van der Waals surface area contributed by atoms with Crippen molar-refractivity contribution >= 4 is 56.1 Å². The third kappa shape index (κ3) is 5.69. The van der Waals surface area contributed by atoms with Crippen LogP contribution in [-0.4, -0.2) is 69.8 Å². The van der Waals surface area contributed by atoms with Gasteiger partial charge < -0.3 is 20.4 Å². The molecule has 180 valence electrons. The van der Waals surface area contributed by atoms with E-state index in [1.807, 2.05) is 12.1 Å². The Morgan fingerprint density at radius 1 is 1.00 bits per heavy atom. The molecule has 1 aromatic heterocycles. The number of halogens is 1. The molecule has 0 amide bonds. The van der Waals surface area contributed by atoms with Crippen molar-refractivity contribution in [1.29, 1.82) is 0 Å². The predicted octanol–water partition coefficient (Wildman–Crippen LogP) is 3.76. The lowest BCUT2D eigenvalue weighted by molar-refractivity contribution is 0.313. The Kier molecular flexibility index (Phi) is 7.11. The van der Waals surface area contributed by atoms with E-state index in [2.05, 4.69) is 49.6 Å². The zero-order valence-electron chi connectivity index (χ0n) is 19.4. The summed E-state index contributed by atoms with van der Waals surface area (Å²) in [5.41, 5.74) is 3.07. The van der Waals surface area contributed by atoms with E-state index in [1.165, 1.54) is 23.2 Å². The molecule has 0 spiro atoms. The van der Waals surface area contributed by atoms with E-state index in [1.54, 1.807) is 24.3 Å². The van der Waals surface area contributed by atoms with Crippen molar-refractivity contribution in [2.45, 2.75) is 0 Å². The van der Waals surface area contributed by atoms with Gasteiger partial charge in [-0.05, 0) is 43.4 Å². The maximum atomic E-state index is 12.0. The van der Waals surface area contributed by atoms with Gasteiger partial charge in [-0.15, -0.1) is 0 Å². The smallest absolute Gasteiger partial charge is 0.232 e. The lowest BCUT2D eigenvalue weighted by Crippen LogP contribution is -2.44. The van der Waals surface area contributed by atoms with Crippen molar-refractivity contribution < 1.29 is 8.42 Å². The van der Waals surface area contributed by atoms with Crippen LogP contribution in [0.5, 0.6) is 0 Å². The van der Waals surface area contributed by atoms with Crippen molar-refractivity contribution in [3.05, 3.63) is 59.8 Å². The zero-order chi connectivity index (χ0) is 24.3. The highest BCUT2D eigenvalue weighted by molar-refractivity contribution is 7.92. The second kappa shape index (κ2) is 10.0. The molecule has 0 saturated carbocycles. The Balaban J connectivity index is 1.50. The van der Waals surface area contributed by atoms with Gasteiger partial charge in [0, 0.05) is 44.6 Å². The van der Waals surface area contributed by atoms with E-state index in [0.717, 1.165) is 38.1 Å². The second-order valence-electron chi connectivity index (χ2n) is 8.22. The number of anilines is 6. The number of rotatable bonds is 7. The molecule has 1 saturated heterocycles. The van der Waals surface area contributed by atoms with Gasteiger partial charge in [0.1, 0.15) is 5.02 Å². The molecule has 1 aliphatic heterocycles. The number of nitrogens with zero attached hydrogens (tertiary/aromatic N) is 5. The number of hydrogen-bond donors (Lipinski definition) is 2. The van der Waals surface area contributed by atoms with Gasteiger partial charge in [0.2, 0.25) is 16.0 Å². The van der Waals surface area contributed by atoms with Gasteiger partial charge in [0.25, 0.3) is 0 Å². The normalized spacial score (nSPS) is 14.6. The molecule has 0 aliphatic carbocycles. The van der Waals surface area contributed by atoms with Crippen molar-refractivity contribution in [3.63, 3.8) is 0 Å². The molecule has 34 heavy (non-hydrogen) atoms. The Morgan fingerprint density at radius 2 is 1.68 bits per heavy atom. The van der Waals surface area contributed by atoms with Gasteiger partial charge in [0.15, 0.2) is 5.82 Å². The molecule has 2 heterocycles. The zero-order valence-corrected chi connectivity index (χ0v) is 20.9. The summed E-state index contributed by atoms with van der Waals surface area (Å²) < 4.78 is 25.3. The highest BCUT2D eigenvalue weighted by Gasteiger charge is 2.17. The van der Waals surface area contributed by atoms with Crippen molar-refractivity contribution in [3.8, 4) is 0 Å². The number of nitrogens with one attached hydrogen (secondary N) is 2. The highest BCUT2D eigenvalue weighted by atomic mass is 35.5. The molecule has 0 bridgehead atoms. The van der Waals surface area contributed by atoms with Crippen LogP contribution in [0.1, 0.15) is 0 Å².